The molecule has 1 saturated heterocycles. The zero-order valence-corrected chi connectivity index (χ0v) is 11.7. The zero-order chi connectivity index (χ0) is 14.8. The van der Waals surface area contributed by atoms with Gasteiger partial charge in [-0.15, -0.1) is 0 Å². The molecular weight excluding hydrogens is 272 g/mol. The second kappa shape index (κ2) is 5.47. The average Bonchev–Trinajstić information content (AvgIpc) is 3.01. The maximum Gasteiger partial charge on any atom is 0.290 e. The van der Waals surface area contributed by atoms with E-state index in [1.54, 1.807) is 13.0 Å². The summed E-state index contributed by atoms with van der Waals surface area (Å²) in [6.07, 6.45) is 4.94. The minimum Gasteiger partial charge on any atom is -0.356 e. The molecule has 3 heterocycles. The molecule has 0 bridgehead atoms. The number of aromatic nitrogens is 4. The normalized spacial score (nSPS) is 18.7. The van der Waals surface area contributed by atoms with Crippen molar-refractivity contribution in [3.8, 4) is 0 Å². The number of aromatic amines is 1. The molecule has 1 aliphatic rings. The molecule has 8 heteroatoms. The van der Waals surface area contributed by atoms with Crippen LogP contribution in [0.2, 0.25) is 0 Å². The monoisotopic (exact) mass is 288 g/mol. The number of nitrogens with zero attached hydrogens (tertiary/aromatic N) is 5. The maximum atomic E-state index is 10.8. The first-order valence-corrected chi connectivity index (χ1v) is 6.86. The second-order valence-electron chi connectivity index (χ2n) is 5.24. The Hall–Kier alpha value is -2.51. The Kier molecular flexibility index (Phi) is 3.51. The van der Waals surface area contributed by atoms with Crippen LogP contribution in [-0.4, -0.2) is 38.2 Å². The van der Waals surface area contributed by atoms with Crippen molar-refractivity contribution in [2.75, 3.05) is 18.0 Å². The lowest BCUT2D eigenvalue weighted by Gasteiger charge is -2.32. The number of rotatable bonds is 3. The van der Waals surface area contributed by atoms with Crippen molar-refractivity contribution in [1.82, 2.24) is 20.2 Å². The molecule has 1 unspecified atom stereocenters. The molecule has 0 amide bonds. The highest BCUT2D eigenvalue weighted by molar-refractivity contribution is 5.49. The van der Waals surface area contributed by atoms with Gasteiger partial charge in [0.2, 0.25) is 0 Å². The molecule has 21 heavy (non-hydrogen) atoms. The van der Waals surface area contributed by atoms with E-state index in [4.69, 9.17) is 0 Å². The predicted molar refractivity (Wildman–Crippen MR) is 76.2 cm³/mol. The Morgan fingerprint density at radius 3 is 3.00 bits per heavy atom. The van der Waals surface area contributed by atoms with Crippen molar-refractivity contribution in [1.29, 1.82) is 0 Å². The van der Waals surface area contributed by atoms with Gasteiger partial charge in [-0.3, -0.25) is 15.2 Å². The third-order valence-corrected chi connectivity index (χ3v) is 3.83. The van der Waals surface area contributed by atoms with Gasteiger partial charge in [-0.25, -0.2) is 9.97 Å². The van der Waals surface area contributed by atoms with Crippen LogP contribution in [0.15, 0.2) is 18.6 Å². The highest BCUT2D eigenvalue weighted by Gasteiger charge is 2.25. The van der Waals surface area contributed by atoms with Crippen LogP contribution >= 0.6 is 0 Å². The van der Waals surface area contributed by atoms with Gasteiger partial charge in [-0.1, -0.05) is 0 Å². The molecule has 3 rings (SSSR count). The molecule has 1 fully saturated rings. The number of aryl methyl sites for hydroxylation is 1. The first-order valence-electron chi connectivity index (χ1n) is 6.86. The SMILES string of the molecule is Cc1cc(N2CCCC(c3ncn[nH]3)C2)ncc1[N+](=O)[O-]. The van der Waals surface area contributed by atoms with Crippen molar-refractivity contribution in [2.45, 2.75) is 25.7 Å². The van der Waals surface area contributed by atoms with Gasteiger partial charge in [-0.2, -0.15) is 5.10 Å². The van der Waals surface area contributed by atoms with Gasteiger partial charge >= 0.3 is 0 Å². The first-order chi connectivity index (χ1) is 10.1. The fourth-order valence-electron chi connectivity index (χ4n) is 2.72. The Bertz CT molecular complexity index is 642. The van der Waals surface area contributed by atoms with Crippen molar-refractivity contribution >= 4 is 11.5 Å². The fourth-order valence-corrected chi connectivity index (χ4v) is 2.72. The lowest BCUT2D eigenvalue weighted by Crippen LogP contribution is -2.35. The lowest BCUT2D eigenvalue weighted by molar-refractivity contribution is -0.385. The number of hydrogen-bond acceptors (Lipinski definition) is 6. The van der Waals surface area contributed by atoms with Gasteiger partial charge in [0.25, 0.3) is 5.69 Å². The van der Waals surface area contributed by atoms with E-state index in [-0.39, 0.29) is 5.69 Å². The van der Waals surface area contributed by atoms with E-state index in [9.17, 15) is 10.1 Å². The molecule has 0 radical (unpaired) electrons. The molecule has 0 spiro atoms. The van der Waals surface area contributed by atoms with Crippen LogP contribution < -0.4 is 4.90 Å². The van der Waals surface area contributed by atoms with Gasteiger partial charge in [0, 0.05) is 24.6 Å². The van der Waals surface area contributed by atoms with Crippen molar-refractivity contribution < 1.29 is 4.92 Å². The second-order valence-corrected chi connectivity index (χ2v) is 5.24. The van der Waals surface area contributed by atoms with E-state index in [1.165, 1.54) is 12.5 Å². The summed E-state index contributed by atoms with van der Waals surface area (Å²) in [5, 5.41) is 17.7. The summed E-state index contributed by atoms with van der Waals surface area (Å²) in [5.41, 5.74) is 0.689. The van der Waals surface area contributed by atoms with E-state index < -0.39 is 4.92 Å². The number of pyridine rings is 1. The molecular formula is C13H16N6O2. The number of anilines is 1. The van der Waals surface area contributed by atoms with Gasteiger partial charge in [0.1, 0.15) is 24.2 Å². The summed E-state index contributed by atoms with van der Waals surface area (Å²) in [5.74, 6) is 1.96. The van der Waals surface area contributed by atoms with Crippen LogP contribution in [0.1, 0.15) is 30.1 Å². The summed E-state index contributed by atoms with van der Waals surface area (Å²) in [7, 11) is 0. The molecule has 0 aromatic carbocycles. The maximum absolute atomic E-state index is 10.8. The van der Waals surface area contributed by atoms with Gasteiger partial charge in [-0.05, 0) is 25.8 Å². The zero-order valence-electron chi connectivity index (χ0n) is 11.7. The molecule has 110 valence electrons. The first kappa shape index (κ1) is 13.5. The van der Waals surface area contributed by atoms with Gasteiger partial charge < -0.3 is 4.90 Å². The smallest absolute Gasteiger partial charge is 0.290 e. The van der Waals surface area contributed by atoms with E-state index in [1.807, 2.05) is 0 Å². The van der Waals surface area contributed by atoms with E-state index in [0.717, 1.165) is 37.6 Å². The quantitative estimate of drug-likeness (QED) is 0.682. The molecule has 1 atom stereocenters. The molecule has 0 saturated carbocycles. The van der Waals surface area contributed by atoms with Crippen LogP contribution in [0.25, 0.3) is 0 Å². The molecule has 1 N–H and O–H groups in total. The van der Waals surface area contributed by atoms with E-state index in [2.05, 4.69) is 25.1 Å². The van der Waals surface area contributed by atoms with E-state index >= 15 is 0 Å². The third-order valence-electron chi connectivity index (χ3n) is 3.83. The Morgan fingerprint density at radius 2 is 2.33 bits per heavy atom. The predicted octanol–water partition coefficient (Wildman–Crippen LogP) is 1.80. The van der Waals surface area contributed by atoms with Crippen LogP contribution in [0, 0.1) is 17.0 Å². The Labute approximate surface area is 121 Å². The highest BCUT2D eigenvalue weighted by atomic mass is 16.6. The summed E-state index contributed by atoms with van der Waals surface area (Å²) in [6, 6.07) is 1.78. The number of piperidine rings is 1. The molecule has 1 aliphatic heterocycles. The average molecular weight is 288 g/mol. The fraction of sp³-hybridized carbons (Fsp3) is 0.462. The topological polar surface area (TPSA) is 101 Å². The largest absolute Gasteiger partial charge is 0.356 e. The van der Waals surface area contributed by atoms with Crippen molar-refractivity contribution in [3.05, 3.63) is 40.1 Å². The minimum absolute atomic E-state index is 0.0579. The standard InChI is InChI=1S/C13H16N6O2/c1-9-5-12(14-6-11(9)19(20)21)18-4-2-3-10(7-18)13-15-8-16-17-13/h5-6,8,10H,2-4,7H2,1H3,(H,15,16,17). The van der Waals surface area contributed by atoms with E-state index in [0.29, 0.717) is 11.5 Å². The molecule has 2 aromatic rings. The number of hydrogen-bond donors (Lipinski definition) is 1. The van der Waals surface area contributed by atoms with Gasteiger partial charge in [0.15, 0.2) is 0 Å². The van der Waals surface area contributed by atoms with Crippen LogP contribution in [0.4, 0.5) is 11.5 Å². The summed E-state index contributed by atoms with van der Waals surface area (Å²) in [6.45, 7) is 3.43. The highest BCUT2D eigenvalue weighted by Crippen LogP contribution is 2.28. The third kappa shape index (κ3) is 2.69. The van der Waals surface area contributed by atoms with Crippen LogP contribution in [0.3, 0.4) is 0 Å². The van der Waals surface area contributed by atoms with Crippen LogP contribution in [0.5, 0.6) is 0 Å². The Balaban J connectivity index is 1.80. The van der Waals surface area contributed by atoms with Gasteiger partial charge in [0.05, 0.1) is 4.92 Å². The number of nitrogens with one attached hydrogen (secondary N) is 1. The molecule has 0 aliphatic carbocycles. The molecule has 8 nitrogen and oxygen atoms in total. The lowest BCUT2D eigenvalue weighted by atomic mass is 9.97. The number of H-pyrrole nitrogens is 1. The van der Waals surface area contributed by atoms with Crippen LogP contribution in [-0.2, 0) is 0 Å². The van der Waals surface area contributed by atoms with Crippen molar-refractivity contribution in [2.24, 2.45) is 0 Å². The molecule has 2 aromatic heterocycles. The summed E-state index contributed by atoms with van der Waals surface area (Å²) >= 11 is 0. The summed E-state index contributed by atoms with van der Waals surface area (Å²) < 4.78 is 0. The number of nitro groups is 1. The minimum atomic E-state index is -0.403. The summed E-state index contributed by atoms with van der Waals surface area (Å²) in [4.78, 5) is 21.1. The Morgan fingerprint density at radius 1 is 1.48 bits per heavy atom. The van der Waals surface area contributed by atoms with Crippen molar-refractivity contribution in [3.63, 3.8) is 0 Å².